The second kappa shape index (κ2) is 4.30. The number of nitrogens with one attached hydrogen (secondary N) is 1. The van der Waals surface area contributed by atoms with Gasteiger partial charge in [0.2, 0.25) is 0 Å². The first-order valence-corrected chi connectivity index (χ1v) is 2.27. The van der Waals surface area contributed by atoms with Crippen LogP contribution in [-0.4, -0.2) is 20.3 Å². The normalized spacial score (nSPS) is 12.6. The summed E-state index contributed by atoms with van der Waals surface area (Å²) in [6.45, 7) is 0. The Morgan fingerprint density at radius 3 is 2.75 bits per heavy atom. The van der Waals surface area contributed by atoms with E-state index in [0.717, 1.165) is 0 Å². The Hall–Kier alpha value is -0.860. The number of hydrogen-bond acceptors (Lipinski definition) is 2. The molecule has 0 saturated carbocycles. The summed E-state index contributed by atoms with van der Waals surface area (Å²) in [6.07, 6.45) is 2.63. The van der Waals surface area contributed by atoms with E-state index in [1.807, 2.05) is 0 Å². The molecule has 0 bridgehead atoms. The van der Waals surface area contributed by atoms with Gasteiger partial charge in [0.1, 0.15) is 0 Å². The van der Waals surface area contributed by atoms with Crippen LogP contribution in [0.25, 0.3) is 0 Å². The summed E-state index contributed by atoms with van der Waals surface area (Å²) in [6, 6.07) is 0. The van der Waals surface area contributed by atoms with E-state index in [1.165, 1.54) is 19.3 Å². The van der Waals surface area contributed by atoms with Crippen LogP contribution in [0, 0.1) is 0 Å². The van der Waals surface area contributed by atoms with Gasteiger partial charge in [0, 0.05) is 26.4 Å². The maximum atomic E-state index is 12.0. The minimum Gasteiger partial charge on any atom is -0.365 e. The van der Waals surface area contributed by atoms with Gasteiger partial charge >= 0.3 is 0 Å². The summed E-state index contributed by atoms with van der Waals surface area (Å²) in [7, 11) is 3.09. The van der Waals surface area contributed by atoms with Gasteiger partial charge in [0.25, 0.3) is 0 Å². The molecule has 1 N–H and O–H groups in total. The maximum Gasteiger partial charge on any atom is 0.188 e. The zero-order valence-electron chi connectivity index (χ0n) is 4.98. The van der Waals surface area contributed by atoms with Crippen molar-refractivity contribution in [3.63, 3.8) is 0 Å². The predicted octanol–water partition coefficient (Wildman–Crippen LogP) is 0.717. The van der Waals surface area contributed by atoms with E-state index in [9.17, 15) is 4.39 Å². The quantitative estimate of drug-likeness (QED) is 0.417. The predicted molar refractivity (Wildman–Crippen MR) is 32.7 cm³/mol. The monoisotopic (exact) mass is 116 g/mol. The number of hydrogen-bond donors (Lipinski definition) is 1. The number of rotatable bonds is 2. The van der Waals surface area contributed by atoms with Crippen LogP contribution in [0.15, 0.2) is 17.0 Å². The Balaban J connectivity index is 3.57. The Morgan fingerprint density at radius 1 is 1.75 bits per heavy atom. The molecular weight excluding hydrogens is 107 g/mol. The number of allylic oxidation sites excluding steroid dienone is 1. The summed E-state index contributed by atoms with van der Waals surface area (Å²) in [5.41, 5.74) is 0. The fourth-order valence-corrected chi connectivity index (χ4v) is 0.223. The summed E-state index contributed by atoms with van der Waals surface area (Å²) in [5, 5.41) is 2.30. The van der Waals surface area contributed by atoms with Gasteiger partial charge in [-0.25, -0.2) is 0 Å². The van der Waals surface area contributed by atoms with Gasteiger partial charge in [0.15, 0.2) is 5.95 Å². The zero-order chi connectivity index (χ0) is 6.41. The second-order valence-electron chi connectivity index (χ2n) is 1.17. The lowest BCUT2D eigenvalue weighted by molar-refractivity contribution is 0.575. The van der Waals surface area contributed by atoms with Crippen molar-refractivity contribution in [3.05, 3.63) is 12.0 Å². The SMILES string of the molecule is C/N=C\C=C(\F)NC. The van der Waals surface area contributed by atoms with Gasteiger partial charge in [-0.1, -0.05) is 0 Å². The fraction of sp³-hybridized carbons (Fsp3) is 0.400. The lowest BCUT2D eigenvalue weighted by Crippen LogP contribution is -1.99. The van der Waals surface area contributed by atoms with Crippen molar-refractivity contribution in [2.75, 3.05) is 14.1 Å². The summed E-state index contributed by atoms with van der Waals surface area (Å²) >= 11 is 0. The third kappa shape index (κ3) is 3.33. The second-order valence-corrected chi connectivity index (χ2v) is 1.17. The molecule has 0 aromatic heterocycles. The minimum atomic E-state index is -0.379. The van der Waals surface area contributed by atoms with E-state index >= 15 is 0 Å². The van der Waals surface area contributed by atoms with Crippen LogP contribution in [0.1, 0.15) is 0 Å². The number of halogens is 1. The molecule has 0 radical (unpaired) electrons. The topological polar surface area (TPSA) is 24.4 Å². The van der Waals surface area contributed by atoms with Crippen LogP contribution in [-0.2, 0) is 0 Å². The van der Waals surface area contributed by atoms with Crippen molar-refractivity contribution in [1.29, 1.82) is 0 Å². The van der Waals surface area contributed by atoms with E-state index in [2.05, 4.69) is 10.3 Å². The highest BCUT2D eigenvalue weighted by Crippen LogP contribution is 1.83. The van der Waals surface area contributed by atoms with Gasteiger partial charge < -0.3 is 5.32 Å². The first kappa shape index (κ1) is 7.14. The first-order valence-electron chi connectivity index (χ1n) is 2.27. The van der Waals surface area contributed by atoms with Crippen molar-refractivity contribution in [2.24, 2.45) is 4.99 Å². The largest absolute Gasteiger partial charge is 0.365 e. The Morgan fingerprint density at radius 2 is 2.38 bits per heavy atom. The third-order valence-corrected chi connectivity index (χ3v) is 0.609. The Labute approximate surface area is 48.1 Å². The molecular formula is C5H9FN2. The molecule has 0 aliphatic rings. The lowest BCUT2D eigenvalue weighted by Gasteiger charge is -1.87. The van der Waals surface area contributed by atoms with E-state index in [1.54, 1.807) is 7.05 Å². The van der Waals surface area contributed by atoms with E-state index in [-0.39, 0.29) is 5.95 Å². The molecule has 3 heteroatoms. The summed E-state index contributed by atoms with van der Waals surface area (Å²) < 4.78 is 12.0. The molecule has 2 nitrogen and oxygen atoms in total. The molecule has 8 heavy (non-hydrogen) atoms. The summed E-state index contributed by atoms with van der Waals surface area (Å²) in [4.78, 5) is 3.54. The molecule has 0 aromatic carbocycles. The average molecular weight is 116 g/mol. The van der Waals surface area contributed by atoms with Crippen LogP contribution in [0.3, 0.4) is 0 Å². The van der Waals surface area contributed by atoms with E-state index in [0.29, 0.717) is 0 Å². The molecule has 0 aromatic rings. The van der Waals surface area contributed by atoms with Gasteiger partial charge in [-0.05, 0) is 0 Å². The molecule has 0 rings (SSSR count). The van der Waals surface area contributed by atoms with Crippen molar-refractivity contribution in [2.45, 2.75) is 0 Å². The molecule has 0 aliphatic heterocycles. The van der Waals surface area contributed by atoms with Crippen molar-refractivity contribution >= 4 is 6.21 Å². The first-order chi connectivity index (χ1) is 3.81. The van der Waals surface area contributed by atoms with Crippen LogP contribution >= 0.6 is 0 Å². The van der Waals surface area contributed by atoms with Gasteiger partial charge in [-0.2, -0.15) is 4.39 Å². The Kier molecular flexibility index (Phi) is 3.84. The smallest absolute Gasteiger partial charge is 0.188 e. The number of nitrogens with zero attached hydrogens (tertiary/aromatic N) is 1. The maximum absolute atomic E-state index is 12.0. The van der Waals surface area contributed by atoms with Crippen molar-refractivity contribution in [3.8, 4) is 0 Å². The summed E-state index contributed by atoms with van der Waals surface area (Å²) in [5.74, 6) is -0.379. The van der Waals surface area contributed by atoms with E-state index in [4.69, 9.17) is 0 Å². The zero-order valence-corrected chi connectivity index (χ0v) is 4.98. The average Bonchev–Trinajstić information content (AvgIpc) is 1.83. The molecule has 0 aliphatic carbocycles. The number of aliphatic imine (C=N–C) groups is 1. The molecule has 46 valence electrons. The van der Waals surface area contributed by atoms with Crippen LogP contribution < -0.4 is 5.32 Å². The molecule has 0 atom stereocenters. The highest BCUT2D eigenvalue weighted by Gasteiger charge is 1.79. The minimum absolute atomic E-state index is 0.379. The molecule has 0 unspecified atom stereocenters. The van der Waals surface area contributed by atoms with Crippen LogP contribution in [0.5, 0.6) is 0 Å². The van der Waals surface area contributed by atoms with Gasteiger partial charge in [0.05, 0.1) is 0 Å². The van der Waals surface area contributed by atoms with Crippen molar-refractivity contribution in [1.82, 2.24) is 5.32 Å². The third-order valence-electron chi connectivity index (χ3n) is 0.609. The molecule has 0 amide bonds. The van der Waals surface area contributed by atoms with Crippen LogP contribution in [0.2, 0.25) is 0 Å². The molecule has 0 saturated heterocycles. The van der Waals surface area contributed by atoms with Gasteiger partial charge in [-0.3, -0.25) is 4.99 Å². The van der Waals surface area contributed by atoms with E-state index < -0.39 is 0 Å². The lowest BCUT2D eigenvalue weighted by atomic mass is 10.6. The molecule has 0 heterocycles. The molecule has 0 fully saturated rings. The Bertz CT molecular complexity index is 107. The van der Waals surface area contributed by atoms with Crippen LogP contribution in [0.4, 0.5) is 4.39 Å². The highest BCUT2D eigenvalue weighted by atomic mass is 19.1. The fourth-order valence-electron chi connectivity index (χ4n) is 0.223. The molecule has 0 spiro atoms. The highest BCUT2D eigenvalue weighted by molar-refractivity contribution is 5.71. The van der Waals surface area contributed by atoms with Gasteiger partial charge in [-0.15, -0.1) is 0 Å². The van der Waals surface area contributed by atoms with Crippen molar-refractivity contribution < 1.29 is 4.39 Å². The standard InChI is InChI=1S/C5H9FN2/c1-7-4-3-5(6)8-2/h3-4,8H,1-2H3/b5-3-,7-4-.